The Morgan fingerprint density at radius 3 is 2.56 bits per heavy atom. The van der Waals surface area contributed by atoms with Gasteiger partial charge < -0.3 is 14.6 Å². The van der Waals surface area contributed by atoms with Crippen molar-refractivity contribution in [1.29, 1.82) is 0 Å². The average molecular weight is 285 g/mol. The summed E-state index contributed by atoms with van der Waals surface area (Å²) in [4.78, 5) is 10.8. The summed E-state index contributed by atoms with van der Waals surface area (Å²) in [6.45, 7) is 0. The first-order valence-electron chi connectivity index (χ1n) is 4.54. The zero-order chi connectivity index (χ0) is 13.9. The predicted octanol–water partition coefficient (Wildman–Crippen LogP) is 2.90. The van der Waals surface area contributed by atoms with Crippen LogP contribution in [0.1, 0.15) is 10.4 Å². The van der Waals surface area contributed by atoms with Gasteiger partial charge in [-0.3, -0.25) is 0 Å². The van der Waals surface area contributed by atoms with Gasteiger partial charge in [0.2, 0.25) is 0 Å². The molecule has 1 aromatic rings. The second-order valence-corrected chi connectivity index (χ2v) is 3.51. The lowest BCUT2D eigenvalue weighted by atomic mass is 10.2. The third kappa shape index (κ3) is 3.19. The largest absolute Gasteiger partial charge is 0.497 e. The molecule has 100 valence electrons. The molecule has 0 aliphatic heterocycles. The number of hydrogen-bond donors (Lipinski definition) is 1. The third-order valence-electron chi connectivity index (χ3n) is 1.92. The van der Waals surface area contributed by atoms with E-state index in [4.69, 9.17) is 9.84 Å². The molecule has 0 aromatic heterocycles. The highest BCUT2D eigenvalue weighted by Gasteiger charge is 2.43. The molecule has 0 amide bonds. The third-order valence-corrected chi connectivity index (χ3v) is 2.17. The van der Waals surface area contributed by atoms with Gasteiger partial charge >= 0.3 is 12.1 Å². The standard InChI is InChI=1S/C10H8ClF3O4/c1-17-5-2-3-6(8(15)16)7(4-5)18-10(13,14)9(11)12/h2-4,9H,1H3,(H,15,16)/t9-/m0/s1. The number of carbonyl (C=O) groups is 1. The van der Waals surface area contributed by atoms with Crippen molar-refractivity contribution >= 4 is 17.6 Å². The SMILES string of the molecule is COc1ccc(C(=O)O)c(OC(F)(F)[C@H](F)Cl)c1. The Morgan fingerprint density at radius 2 is 2.11 bits per heavy atom. The van der Waals surface area contributed by atoms with E-state index in [0.717, 1.165) is 12.1 Å². The van der Waals surface area contributed by atoms with E-state index in [1.807, 2.05) is 0 Å². The maximum absolute atomic E-state index is 12.9. The number of rotatable bonds is 5. The van der Waals surface area contributed by atoms with Crippen molar-refractivity contribution in [3.63, 3.8) is 0 Å². The van der Waals surface area contributed by atoms with E-state index in [2.05, 4.69) is 16.3 Å². The molecule has 1 rings (SSSR count). The molecule has 0 radical (unpaired) electrons. The van der Waals surface area contributed by atoms with Crippen LogP contribution in [0, 0.1) is 0 Å². The van der Waals surface area contributed by atoms with E-state index in [9.17, 15) is 18.0 Å². The molecule has 0 saturated carbocycles. The molecule has 0 aliphatic rings. The summed E-state index contributed by atoms with van der Waals surface area (Å²) < 4.78 is 47.0. The first-order chi connectivity index (χ1) is 8.27. The number of carboxylic acid groups (broad SMARTS) is 1. The minimum atomic E-state index is -4.35. The minimum absolute atomic E-state index is 0.0794. The van der Waals surface area contributed by atoms with Crippen molar-refractivity contribution in [3.05, 3.63) is 23.8 Å². The lowest BCUT2D eigenvalue weighted by molar-refractivity contribution is -0.199. The smallest absolute Gasteiger partial charge is 0.444 e. The number of benzene rings is 1. The number of carboxylic acids is 1. The van der Waals surface area contributed by atoms with Gasteiger partial charge in [-0.15, -0.1) is 0 Å². The van der Waals surface area contributed by atoms with Crippen LogP contribution in [0.3, 0.4) is 0 Å². The van der Waals surface area contributed by atoms with Crippen molar-refractivity contribution in [2.24, 2.45) is 0 Å². The first kappa shape index (κ1) is 14.4. The van der Waals surface area contributed by atoms with E-state index < -0.39 is 29.0 Å². The molecule has 0 saturated heterocycles. The molecule has 0 aliphatic carbocycles. The van der Waals surface area contributed by atoms with Gasteiger partial charge in [-0.2, -0.15) is 8.78 Å². The Hall–Kier alpha value is -1.63. The Labute approximate surface area is 105 Å². The first-order valence-corrected chi connectivity index (χ1v) is 4.98. The number of ether oxygens (including phenoxy) is 2. The predicted molar refractivity (Wildman–Crippen MR) is 56.3 cm³/mol. The van der Waals surface area contributed by atoms with Crippen molar-refractivity contribution in [2.45, 2.75) is 11.7 Å². The normalized spacial score (nSPS) is 12.9. The minimum Gasteiger partial charge on any atom is -0.497 e. The van der Waals surface area contributed by atoms with Crippen LogP contribution in [0.5, 0.6) is 11.5 Å². The van der Waals surface area contributed by atoms with E-state index in [1.165, 1.54) is 13.2 Å². The van der Waals surface area contributed by atoms with Crippen LogP contribution >= 0.6 is 11.6 Å². The quantitative estimate of drug-likeness (QED) is 0.845. The van der Waals surface area contributed by atoms with Gasteiger partial charge in [-0.05, 0) is 12.1 Å². The number of hydrogen-bond acceptors (Lipinski definition) is 3. The second kappa shape index (κ2) is 5.34. The second-order valence-electron chi connectivity index (χ2n) is 3.13. The molecule has 0 heterocycles. The fraction of sp³-hybridized carbons (Fsp3) is 0.300. The number of methoxy groups -OCH3 is 1. The molecular weight excluding hydrogens is 277 g/mol. The van der Waals surface area contributed by atoms with Gasteiger partial charge in [0.15, 0.2) is 0 Å². The van der Waals surface area contributed by atoms with Crippen LogP contribution in [0.25, 0.3) is 0 Å². The van der Waals surface area contributed by atoms with E-state index in [0.29, 0.717) is 0 Å². The summed E-state index contributed by atoms with van der Waals surface area (Å²) in [5.41, 5.74) is -3.67. The van der Waals surface area contributed by atoms with Gasteiger partial charge in [0.25, 0.3) is 5.63 Å². The highest BCUT2D eigenvalue weighted by atomic mass is 35.5. The van der Waals surface area contributed by atoms with E-state index >= 15 is 0 Å². The van der Waals surface area contributed by atoms with E-state index in [-0.39, 0.29) is 5.75 Å². The van der Waals surface area contributed by atoms with Gasteiger partial charge in [0.1, 0.15) is 17.1 Å². The summed E-state index contributed by atoms with van der Waals surface area (Å²) in [5.74, 6) is -2.17. The molecule has 0 fully saturated rings. The summed E-state index contributed by atoms with van der Waals surface area (Å²) in [5, 5.41) is 8.77. The van der Waals surface area contributed by atoms with Crippen LogP contribution in [-0.2, 0) is 0 Å². The Morgan fingerprint density at radius 1 is 1.50 bits per heavy atom. The van der Waals surface area contributed by atoms with Gasteiger partial charge in [-0.1, -0.05) is 11.6 Å². The van der Waals surface area contributed by atoms with Gasteiger partial charge in [0.05, 0.1) is 7.11 Å². The molecular formula is C10H8ClF3O4. The molecule has 0 spiro atoms. The average Bonchev–Trinajstić information content (AvgIpc) is 2.27. The summed E-state index contributed by atoms with van der Waals surface area (Å²) in [6, 6.07) is 3.13. The molecule has 18 heavy (non-hydrogen) atoms. The van der Waals surface area contributed by atoms with Crippen molar-refractivity contribution < 1.29 is 32.5 Å². The zero-order valence-corrected chi connectivity index (χ0v) is 9.75. The highest BCUT2D eigenvalue weighted by Crippen LogP contribution is 2.33. The Kier molecular flexibility index (Phi) is 4.28. The Bertz CT molecular complexity index is 451. The molecule has 1 N–H and O–H groups in total. The number of halogens is 4. The molecule has 8 heteroatoms. The monoisotopic (exact) mass is 284 g/mol. The highest BCUT2D eigenvalue weighted by molar-refractivity contribution is 6.20. The topological polar surface area (TPSA) is 55.8 Å². The summed E-state index contributed by atoms with van der Waals surface area (Å²) >= 11 is 4.60. The number of alkyl halides is 4. The van der Waals surface area contributed by atoms with Gasteiger partial charge in [0, 0.05) is 6.07 Å². The van der Waals surface area contributed by atoms with Crippen LogP contribution in [0.2, 0.25) is 0 Å². The summed E-state index contributed by atoms with van der Waals surface area (Å²) in [6.07, 6.45) is -4.35. The fourth-order valence-electron chi connectivity index (χ4n) is 1.08. The summed E-state index contributed by atoms with van der Waals surface area (Å²) in [7, 11) is 1.25. The van der Waals surface area contributed by atoms with Crippen LogP contribution < -0.4 is 9.47 Å². The maximum Gasteiger partial charge on any atom is 0.444 e. The van der Waals surface area contributed by atoms with E-state index in [1.54, 1.807) is 0 Å². The molecule has 4 nitrogen and oxygen atoms in total. The van der Waals surface area contributed by atoms with Crippen LogP contribution in [-0.4, -0.2) is 29.9 Å². The van der Waals surface area contributed by atoms with Crippen LogP contribution in [0.15, 0.2) is 18.2 Å². The Balaban J connectivity index is 3.16. The van der Waals surface area contributed by atoms with Crippen molar-refractivity contribution in [2.75, 3.05) is 7.11 Å². The molecule has 1 atom stereocenters. The maximum atomic E-state index is 12.9. The van der Waals surface area contributed by atoms with Crippen molar-refractivity contribution in [1.82, 2.24) is 0 Å². The molecule has 0 bridgehead atoms. The number of aromatic carboxylic acids is 1. The molecule has 1 aromatic carbocycles. The lowest BCUT2D eigenvalue weighted by Crippen LogP contribution is -2.33. The zero-order valence-electron chi connectivity index (χ0n) is 8.99. The van der Waals surface area contributed by atoms with Crippen molar-refractivity contribution in [3.8, 4) is 11.5 Å². The fourth-order valence-corrected chi connectivity index (χ4v) is 1.13. The lowest BCUT2D eigenvalue weighted by Gasteiger charge is -2.19. The molecule has 0 unspecified atom stereocenters. The van der Waals surface area contributed by atoms with Gasteiger partial charge in [-0.25, -0.2) is 9.18 Å². The van der Waals surface area contributed by atoms with Crippen LogP contribution in [0.4, 0.5) is 13.2 Å².